The SMILES string of the molecule is CC1(C)Oc2cc(NS(=O)O)ccc2C(c2ccc(F)cn2)=C1Br. The zero-order valence-electron chi connectivity index (χ0n) is 12.8. The van der Waals surface area contributed by atoms with Gasteiger partial charge in [-0.2, -0.15) is 0 Å². The number of hydrogen-bond donors (Lipinski definition) is 2. The van der Waals surface area contributed by atoms with Crippen LogP contribution in [0.5, 0.6) is 5.75 Å². The van der Waals surface area contributed by atoms with E-state index >= 15 is 0 Å². The lowest BCUT2D eigenvalue weighted by Crippen LogP contribution is -2.32. The standard InChI is InChI=1S/C16H14BrFN2O3S/c1-16(2)15(17)14(12-6-3-9(18)8-19-12)11-5-4-10(20-24(21)22)7-13(11)23-16/h3-8,20H,1-2H3,(H,21,22). The number of pyridine rings is 1. The van der Waals surface area contributed by atoms with Gasteiger partial charge in [-0.1, -0.05) is 15.9 Å². The molecule has 126 valence electrons. The second kappa shape index (κ2) is 6.27. The van der Waals surface area contributed by atoms with Crippen molar-refractivity contribution in [1.82, 2.24) is 4.98 Å². The number of ether oxygens (including phenoxy) is 1. The van der Waals surface area contributed by atoms with Gasteiger partial charge in [-0.3, -0.25) is 14.3 Å². The summed E-state index contributed by atoms with van der Waals surface area (Å²) in [6.07, 6.45) is 1.16. The zero-order chi connectivity index (χ0) is 17.5. The highest BCUT2D eigenvalue weighted by Crippen LogP contribution is 2.46. The summed E-state index contributed by atoms with van der Waals surface area (Å²) in [6, 6.07) is 8.03. The lowest BCUT2D eigenvalue weighted by atomic mass is 9.92. The third kappa shape index (κ3) is 3.22. The predicted molar refractivity (Wildman–Crippen MR) is 94.7 cm³/mol. The molecule has 1 aliphatic rings. The van der Waals surface area contributed by atoms with Crippen molar-refractivity contribution in [3.8, 4) is 5.75 Å². The minimum atomic E-state index is -2.17. The van der Waals surface area contributed by atoms with Crippen LogP contribution < -0.4 is 9.46 Å². The van der Waals surface area contributed by atoms with Crippen LogP contribution in [-0.4, -0.2) is 19.3 Å². The summed E-state index contributed by atoms with van der Waals surface area (Å²) in [5.74, 6) is 0.131. The first-order valence-electron chi connectivity index (χ1n) is 7.01. The quantitative estimate of drug-likeness (QED) is 0.744. The first kappa shape index (κ1) is 17.1. The third-order valence-electron chi connectivity index (χ3n) is 3.55. The van der Waals surface area contributed by atoms with Crippen LogP contribution in [0, 0.1) is 5.82 Å². The van der Waals surface area contributed by atoms with Gasteiger partial charge in [-0.15, -0.1) is 0 Å². The van der Waals surface area contributed by atoms with E-state index in [4.69, 9.17) is 9.29 Å². The number of fused-ring (bicyclic) bond motifs is 1. The average molecular weight is 413 g/mol. The molecule has 1 aliphatic heterocycles. The molecule has 2 N–H and O–H groups in total. The van der Waals surface area contributed by atoms with Gasteiger partial charge in [-0.25, -0.2) is 8.60 Å². The Balaban J connectivity index is 2.17. The number of nitrogens with one attached hydrogen (secondary N) is 1. The molecule has 3 rings (SSSR count). The molecule has 0 saturated heterocycles. The van der Waals surface area contributed by atoms with E-state index < -0.39 is 22.7 Å². The summed E-state index contributed by atoms with van der Waals surface area (Å²) in [4.78, 5) is 4.16. The van der Waals surface area contributed by atoms with Gasteiger partial charge in [0.05, 0.1) is 17.6 Å². The number of aromatic nitrogens is 1. The molecular weight excluding hydrogens is 399 g/mol. The second-order valence-electron chi connectivity index (χ2n) is 5.73. The van der Waals surface area contributed by atoms with E-state index in [0.29, 0.717) is 17.1 Å². The van der Waals surface area contributed by atoms with Crippen LogP contribution in [0.4, 0.5) is 10.1 Å². The maximum atomic E-state index is 13.2. The first-order chi connectivity index (χ1) is 11.3. The largest absolute Gasteiger partial charge is 0.482 e. The monoisotopic (exact) mass is 412 g/mol. The lowest BCUT2D eigenvalue weighted by molar-refractivity contribution is 0.155. The Kier molecular flexibility index (Phi) is 4.46. The Labute approximate surface area is 149 Å². The van der Waals surface area contributed by atoms with Gasteiger partial charge in [0.15, 0.2) is 0 Å². The van der Waals surface area contributed by atoms with Crippen LogP contribution in [0.15, 0.2) is 41.0 Å². The van der Waals surface area contributed by atoms with Gasteiger partial charge in [-0.05, 0) is 38.1 Å². The molecule has 0 amide bonds. The second-order valence-corrected chi connectivity index (χ2v) is 7.22. The highest BCUT2D eigenvalue weighted by Gasteiger charge is 2.35. The van der Waals surface area contributed by atoms with E-state index in [1.807, 2.05) is 13.8 Å². The average Bonchev–Trinajstić information content (AvgIpc) is 2.49. The Morgan fingerprint density at radius 3 is 2.71 bits per heavy atom. The van der Waals surface area contributed by atoms with E-state index in [-0.39, 0.29) is 0 Å². The van der Waals surface area contributed by atoms with Crippen LogP contribution in [0.1, 0.15) is 25.1 Å². The van der Waals surface area contributed by atoms with Gasteiger partial charge in [0.1, 0.15) is 17.2 Å². The van der Waals surface area contributed by atoms with Crippen molar-refractivity contribution in [2.24, 2.45) is 0 Å². The lowest BCUT2D eigenvalue weighted by Gasteiger charge is -2.34. The molecule has 24 heavy (non-hydrogen) atoms. The molecule has 1 unspecified atom stereocenters. The van der Waals surface area contributed by atoms with Crippen molar-refractivity contribution < 1.29 is 17.9 Å². The van der Waals surface area contributed by atoms with Crippen molar-refractivity contribution in [3.05, 3.63) is 58.1 Å². The molecular formula is C16H14BrFN2O3S. The predicted octanol–water partition coefficient (Wildman–Crippen LogP) is 4.09. The fourth-order valence-electron chi connectivity index (χ4n) is 2.49. The summed E-state index contributed by atoms with van der Waals surface area (Å²) < 4.78 is 42.3. The van der Waals surface area contributed by atoms with Gasteiger partial charge in [0, 0.05) is 21.7 Å². The van der Waals surface area contributed by atoms with Crippen molar-refractivity contribution in [2.75, 3.05) is 4.72 Å². The van der Waals surface area contributed by atoms with Gasteiger partial charge in [0.25, 0.3) is 11.3 Å². The topological polar surface area (TPSA) is 71.5 Å². The molecule has 0 fully saturated rings. The molecule has 0 radical (unpaired) electrons. The zero-order valence-corrected chi connectivity index (χ0v) is 15.2. The number of halogens is 2. The van der Waals surface area contributed by atoms with E-state index in [1.165, 1.54) is 6.07 Å². The van der Waals surface area contributed by atoms with Crippen LogP contribution in [0.2, 0.25) is 0 Å². The van der Waals surface area contributed by atoms with Crippen LogP contribution >= 0.6 is 15.9 Å². The van der Waals surface area contributed by atoms with Gasteiger partial charge < -0.3 is 4.74 Å². The van der Waals surface area contributed by atoms with E-state index in [2.05, 4.69) is 25.6 Å². The van der Waals surface area contributed by atoms with Crippen LogP contribution in [0.3, 0.4) is 0 Å². The summed E-state index contributed by atoms with van der Waals surface area (Å²) in [5, 5.41) is 0. The maximum Gasteiger partial charge on any atom is 0.259 e. The summed E-state index contributed by atoms with van der Waals surface area (Å²) in [5.41, 5.74) is 1.93. The van der Waals surface area contributed by atoms with E-state index in [0.717, 1.165) is 21.8 Å². The number of nitrogens with zero attached hydrogens (tertiary/aromatic N) is 1. The highest BCUT2D eigenvalue weighted by atomic mass is 79.9. The number of hydrogen-bond acceptors (Lipinski definition) is 3. The fraction of sp³-hybridized carbons (Fsp3) is 0.188. The molecule has 0 saturated carbocycles. The molecule has 0 spiro atoms. The normalized spacial score (nSPS) is 17.0. The molecule has 5 nitrogen and oxygen atoms in total. The van der Waals surface area contributed by atoms with E-state index in [9.17, 15) is 8.60 Å². The molecule has 1 aromatic heterocycles. The maximum absolute atomic E-state index is 13.2. The van der Waals surface area contributed by atoms with Crippen molar-refractivity contribution in [3.63, 3.8) is 0 Å². The van der Waals surface area contributed by atoms with Crippen molar-refractivity contribution in [1.29, 1.82) is 0 Å². The van der Waals surface area contributed by atoms with Crippen molar-refractivity contribution in [2.45, 2.75) is 19.4 Å². The molecule has 0 bridgehead atoms. The number of rotatable bonds is 3. The summed E-state index contributed by atoms with van der Waals surface area (Å²) in [7, 11) is 0. The minimum absolute atomic E-state index is 0.410. The number of benzene rings is 1. The van der Waals surface area contributed by atoms with Gasteiger partial charge in [0.2, 0.25) is 0 Å². The fourth-order valence-corrected chi connectivity index (χ4v) is 3.32. The van der Waals surface area contributed by atoms with Crippen molar-refractivity contribution >= 4 is 38.5 Å². The Bertz CT molecular complexity index is 853. The molecule has 1 aromatic carbocycles. The molecule has 1 atom stereocenters. The number of anilines is 1. The molecule has 8 heteroatoms. The molecule has 0 aliphatic carbocycles. The Hall–Kier alpha value is -1.77. The minimum Gasteiger partial charge on any atom is -0.482 e. The first-order valence-corrected chi connectivity index (χ1v) is 8.91. The highest BCUT2D eigenvalue weighted by molar-refractivity contribution is 9.12. The third-order valence-corrected chi connectivity index (χ3v) is 5.31. The van der Waals surface area contributed by atoms with Crippen LogP contribution in [-0.2, 0) is 11.3 Å². The summed E-state index contributed by atoms with van der Waals surface area (Å²) >= 11 is 1.41. The Morgan fingerprint density at radius 2 is 2.08 bits per heavy atom. The smallest absolute Gasteiger partial charge is 0.259 e. The van der Waals surface area contributed by atoms with Crippen LogP contribution in [0.25, 0.3) is 5.57 Å². The summed E-state index contributed by atoms with van der Waals surface area (Å²) in [6.45, 7) is 3.77. The molecule has 2 heterocycles. The van der Waals surface area contributed by atoms with Gasteiger partial charge >= 0.3 is 0 Å². The Morgan fingerprint density at radius 1 is 1.33 bits per heavy atom. The molecule has 2 aromatic rings. The van der Waals surface area contributed by atoms with E-state index in [1.54, 1.807) is 24.3 Å².